The van der Waals surface area contributed by atoms with Crippen LogP contribution in [0.3, 0.4) is 0 Å². The van der Waals surface area contributed by atoms with Crippen molar-refractivity contribution < 1.29 is 19.0 Å². The Labute approximate surface area is 187 Å². The highest BCUT2D eigenvalue weighted by Crippen LogP contribution is 2.52. The Morgan fingerprint density at radius 3 is 2.60 bits per heavy atom. The lowest BCUT2D eigenvalue weighted by molar-refractivity contribution is -0.125. The number of aliphatic imine (C=N–C) groups is 1. The van der Waals surface area contributed by atoms with Crippen molar-refractivity contribution in [3.63, 3.8) is 0 Å². The van der Waals surface area contributed by atoms with Crippen LogP contribution in [0.1, 0.15) is 12.0 Å². The van der Waals surface area contributed by atoms with E-state index >= 15 is 0 Å². The largest absolute Gasteiger partial charge is 0.496 e. The van der Waals surface area contributed by atoms with Crippen LogP contribution in [-0.4, -0.2) is 50.0 Å². The highest BCUT2D eigenvalue weighted by molar-refractivity contribution is 8.02. The van der Waals surface area contributed by atoms with E-state index in [9.17, 15) is 4.79 Å². The summed E-state index contributed by atoms with van der Waals surface area (Å²) in [5, 5.41) is 3.12. The average molecular weight is 451 g/mol. The van der Waals surface area contributed by atoms with Gasteiger partial charge in [0.15, 0.2) is 0 Å². The molecule has 1 N–H and O–H groups in total. The summed E-state index contributed by atoms with van der Waals surface area (Å²) in [6, 6.07) is 3.60. The maximum atomic E-state index is 13.2. The SMILES string of the molecule is COc1cc(OC)c(CNC(=O)C2CSC34C=CC=CC3=NCCC24)c(OC)c1.Cl. The van der Waals surface area contributed by atoms with Gasteiger partial charge in [-0.05, 0) is 18.4 Å². The normalized spacial score (nSPS) is 26.0. The zero-order valence-electron chi connectivity index (χ0n) is 17.3. The number of nitrogens with zero attached hydrogens (tertiary/aromatic N) is 1. The fourth-order valence-electron chi connectivity index (χ4n) is 4.48. The number of nitrogens with one attached hydrogen (secondary N) is 1. The number of benzene rings is 1. The predicted octanol–water partition coefficient (Wildman–Crippen LogP) is 3.44. The quantitative estimate of drug-likeness (QED) is 0.719. The lowest BCUT2D eigenvalue weighted by Gasteiger charge is -2.38. The predicted molar refractivity (Wildman–Crippen MR) is 123 cm³/mol. The number of carbonyl (C=O) groups excluding carboxylic acids is 1. The number of methoxy groups -OCH3 is 3. The molecule has 1 aliphatic carbocycles. The van der Waals surface area contributed by atoms with Crippen molar-refractivity contribution in [1.82, 2.24) is 5.32 Å². The second-order valence-electron chi connectivity index (χ2n) is 7.32. The van der Waals surface area contributed by atoms with E-state index in [1.54, 1.807) is 33.5 Å². The lowest BCUT2D eigenvalue weighted by atomic mass is 9.74. The van der Waals surface area contributed by atoms with E-state index in [2.05, 4.69) is 23.5 Å². The maximum absolute atomic E-state index is 13.2. The minimum Gasteiger partial charge on any atom is -0.496 e. The van der Waals surface area contributed by atoms with Crippen LogP contribution in [0.5, 0.6) is 17.2 Å². The van der Waals surface area contributed by atoms with Crippen molar-refractivity contribution >= 4 is 35.8 Å². The molecule has 3 aliphatic rings. The molecular weight excluding hydrogens is 424 g/mol. The van der Waals surface area contributed by atoms with Crippen LogP contribution in [0.15, 0.2) is 41.4 Å². The van der Waals surface area contributed by atoms with Gasteiger partial charge >= 0.3 is 0 Å². The third kappa shape index (κ3) is 3.81. The molecule has 4 rings (SSSR count). The average Bonchev–Trinajstić information content (AvgIpc) is 3.14. The molecule has 1 amide bonds. The van der Waals surface area contributed by atoms with Crippen LogP contribution in [-0.2, 0) is 11.3 Å². The zero-order chi connectivity index (χ0) is 20.4. The van der Waals surface area contributed by atoms with Gasteiger partial charge in [0, 0.05) is 24.4 Å². The first-order valence-corrected chi connectivity index (χ1v) is 10.7. The smallest absolute Gasteiger partial charge is 0.224 e. The number of hydrogen-bond donors (Lipinski definition) is 1. The van der Waals surface area contributed by atoms with Crippen molar-refractivity contribution in [3.8, 4) is 17.2 Å². The zero-order valence-corrected chi connectivity index (χ0v) is 19.0. The van der Waals surface area contributed by atoms with Gasteiger partial charge < -0.3 is 19.5 Å². The van der Waals surface area contributed by atoms with Gasteiger partial charge in [0.05, 0.1) is 49.8 Å². The summed E-state index contributed by atoms with van der Waals surface area (Å²) < 4.78 is 16.1. The highest BCUT2D eigenvalue weighted by atomic mass is 35.5. The van der Waals surface area contributed by atoms with Crippen molar-refractivity contribution in [1.29, 1.82) is 0 Å². The Balaban J connectivity index is 0.00000256. The molecule has 1 aromatic rings. The summed E-state index contributed by atoms with van der Waals surface area (Å²) in [4.78, 5) is 17.9. The third-order valence-electron chi connectivity index (χ3n) is 5.96. The number of rotatable bonds is 6. The molecule has 1 spiro atoms. The van der Waals surface area contributed by atoms with Gasteiger partial charge in [-0.1, -0.05) is 18.2 Å². The van der Waals surface area contributed by atoms with Crippen LogP contribution >= 0.6 is 24.2 Å². The number of amides is 1. The molecule has 162 valence electrons. The third-order valence-corrected chi connectivity index (χ3v) is 7.61. The van der Waals surface area contributed by atoms with Crippen LogP contribution in [0, 0.1) is 11.8 Å². The van der Waals surface area contributed by atoms with E-state index in [0.717, 1.165) is 30.0 Å². The number of hydrogen-bond acceptors (Lipinski definition) is 6. The van der Waals surface area contributed by atoms with Gasteiger partial charge in [0.25, 0.3) is 0 Å². The van der Waals surface area contributed by atoms with Crippen LogP contribution in [0.2, 0.25) is 0 Å². The van der Waals surface area contributed by atoms with Crippen molar-refractivity contribution in [2.45, 2.75) is 17.7 Å². The Kier molecular flexibility index (Phi) is 7.03. The first kappa shape index (κ1) is 22.6. The van der Waals surface area contributed by atoms with E-state index in [4.69, 9.17) is 19.2 Å². The van der Waals surface area contributed by atoms with Gasteiger partial charge in [-0.3, -0.25) is 9.79 Å². The van der Waals surface area contributed by atoms with E-state index in [1.807, 2.05) is 17.8 Å². The van der Waals surface area contributed by atoms with Crippen molar-refractivity contribution in [2.24, 2.45) is 16.8 Å². The molecule has 3 unspecified atom stereocenters. The van der Waals surface area contributed by atoms with E-state index in [-0.39, 0.29) is 34.9 Å². The molecule has 1 fully saturated rings. The maximum Gasteiger partial charge on any atom is 0.224 e. The number of carbonyl (C=O) groups is 1. The fourth-order valence-corrected chi connectivity index (χ4v) is 6.27. The number of thioether (sulfide) groups is 1. The van der Waals surface area contributed by atoms with Crippen molar-refractivity contribution in [2.75, 3.05) is 33.6 Å². The monoisotopic (exact) mass is 450 g/mol. The Morgan fingerprint density at radius 1 is 1.20 bits per heavy atom. The molecular formula is C22H27ClN2O4S. The summed E-state index contributed by atoms with van der Waals surface area (Å²) in [5.41, 5.74) is 1.91. The minimum atomic E-state index is -0.148. The van der Waals surface area contributed by atoms with Gasteiger partial charge in [0.2, 0.25) is 5.91 Å². The summed E-state index contributed by atoms with van der Waals surface area (Å²) in [6.07, 6.45) is 9.36. The van der Waals surface area contributed by atoms with E-state index in [1.165, 1.54) is 0 Å². The second-order valence-corrected chi connectivity index (χ2v) is 8.62. The molecule has 2 aliphatic heterocycles. The molecule has 0 bridgehead atoms. The van der Waals surface area contributed by atoms with Gasteiger partial charge in [-0.15, -0.1) is 24.2 Å². The molecule has 0 saturated carbocycles. The van der Waals surface area contributed by atoms with Crippen LogP contribution in [0.25, 0.3) is 0 Å². The minimum absolute atomic E-state index is 0. The first-order chi connectivity index (χ1) is 14.1. The molecule has 2 heterocycles. The summed E-state index contributed by atoms with van der Waals surface area (Å²) >= 11 is 1.84. The Morgan fingerprint density at radius 2 is 1.93 bits per heavy atom. The Hall–Kier alpha value is -2.12. The molecule has 1 saturated heterocycles. The first-order valence-electron chi connectivity index (χ1n) is 9.74. The second kappa shape index (κ2) is 9.35. The molecule has 1 aromatic carbocycles. The fraction of sp³-hybridized carbons (Fsp3) is 0.455. The number of halogens is 1. The Bertz CT molecular complexity index is 876. The van der Waals surface area contributed by atoms with Crippen LogP contribution in [0.4, 0.5) is 0 Å². The van der Waals surface area contributed by atoms with Gasteiger partial charge in [-0.25, -0.2) is 0 Å². The number of allylic oxidation sites excluding steroid dienone is 3. The number of ether oxygens (including phenoxy) is 3. The molecule has 8 heteroatoms. The topological polar surface area (TPSA) is 69.2 Å². The van der Waals surface area contributed by atoms with Crippen LogP contribution < -0.4 is 19.5 Å². The molecule has 6 nitrogen and oxygen atoms in total. The van der Waals surface area contributed by atoms with Gasteiger partial charge in [-0.2, -0.15) is 0 Å². The summed E-state index contributed by atoms with van der Waals surface area (Å²) in [5.74, 6) is 3.00. The van der Waals surface area contributed by atoms with E-state index < -0.39 is 0 Å². The summed E-state index contributed by atoms with van der Waals surface area (Å²) in [7, 11) is 4.80. The lowest BCUT2D eigenvalue weighted by Crippen LogP contribution is -2.46. The highest BCUT2D eigenvalue weighted by Gasteiger charge is 2.53. The van der Waals surface area contributed by atoms with E-state index in [0.29, 0.717) is 23.8 Å². The van der Waals surface area contributed by atoms with Gasteiger partial charge in [0.1, 0.15) is 17.2 Å². The standard InChI is InChI=1S/C22H26N2O4S.ClH/c1-26-14-10-18(27-2)15(19(11-14)28-3)12-24-21(25)16-13-29-22-8-5-4-6-20(22)23-9-7-17(16)22;/h4-6,8,10-11,16-17H,7,9,12-13H2,1-3H3,(H,24,25);1H. The molecule has 3 atom stereocenters. The van der Waals surface area contributed by atoms with Crippen molar-refractivity contribution in [3.05, 3.63) is 42.0 Å². The molecule has 0 aromatic heterocycles. The molecule has 0 radical (unpaired) electrons. The summed E-state index contributed by atoms with van der Waals surface area (Å²) in [6.45, 7) is 1.12. The molecule has 30 heavy (non-hydrogen) atoms.